The average Bonchev–Trinajstić information content (AvgIpc) is 2.30. The number of rotatable bonds is 1. The number of hydrogen-bond donors (Lipinski definition) is 1. The van der Waals surface area contributed by atoms with Crippen molar-refractivity contribution in [3.8, 4) is 0 Å². The summed E-state index contributed by atoms with van der Waals surface area (Å²) < 4.78 is 5.33. The SMILES string of the molecule is [C-]#[N+]c1ccc(C2COCCN2)nc1. The van der Waals surface area contributed by atoms with Crippen LogP contribution in [0.5, 0.6) is 0 Å². The molecule has 1 aliphatic heterocycles. The third-order valence-corrected chi connectivity index (χ3v) is 2.18. The first-order valence-corrected chi connectivity index (χ1v) is 4.54. The lowest BCUT2D eigenvalue weighted by Crippen LogP contribution is -2.34. The van der Waals surface area contributed by atoms with Crippen LogP contribution in [-0.2, 0) is 4.74 Å². The van der Waals surface area contributed by atoms with Gasteiger partial charge in [-0.1, -0.05) is 6.07 Å². The summed E-state index contributed by atoms with van der Waals surface area (Å²) in [7, 11) is 0. The Labute approximate surface area is 82.7 Å². The van der Waals surface area contributed by atoms with E-state index in [2.05, 4.69) is 15.1 Å². The van der Waals surface area contributed by atoms with E-state index in [0.29, 0.717) is 12.3 Å². The van der Waals surface area contributed by atoms with E-state index < -0.39 is 0 Å². The molecule has 1 unspecified atom stereocenters. The monoisotopic (exact) mass is 189 g/mol. The van der Waals surface area contributed by atoms with E-state index in [-0.39, 0.29) is 6.04 Å². The first-order chi connectivity index (χ1) is 6.90. The van der Waals surface area contributed by atoms with Crippen LogP contribution in [0.4, 0.5) is 5.69 Å². The molecule has 1 aromatic rings. The molecule has 72 valence electrons. The zero-order valence-corrected chi connectivity index (χ0v) is 7.73. The molecule has 0 saturated carbocycles. The number of nitrogens with zero attached hydrogens (tertiary/aromatic N) is 2. The number of hydrogen-bond acceptors (Lipinski definition) is 3. The number of ether oxygens (including phenoxy) is 1. The van der Waals surface area contributed by atoms with Gasteiger partial charge in [0.2, 0.25) is 5.69 Å². The lowest BCUT2D eigenvalue weighted by Gasteiger charge is -2.23. The molecule has 1 fully saturated rings. The van der Waals surface area contributed by atoms with Crippen LogP contribution in [0.3, 0.4) is 0 Å². The Balaban J connectivity index is 2.12. The normalized spacial score (nSPS) is 21.5. The van der Waals surface area contributed by atoms with Gasteiger partial charge in [0.1, 0.15) is 0 Å². The fourth-order valence-corrected chi connectivity index (χ4v) is 1.43. The van der Waals surface area contributed by atoms with E-state index in [1.807, 2.05) is 6.07 Å². The zero-order valence-electron chi connectivity index (χ0n) is 7.73. The van der Waals surface area contributed by atoms with Crippen molar-refractivity contribution in [2.45, 2.75) is 6.04 Å². The Hall–Kier alpha value is -1.44. The van der Waals surface area contributed by atoms with Crippen molar-refractivity contribution in [1.82, 2.24) is 10.3 Å². The van der Waals surface area contributed by atoms with Gasteiger partial charge in [0.25, 0.3) is 0 Å². The lowest BCUT2D eigenvalue weighted by atomic mass is 10.2. The minimum Gasteiger partial charge on any atom is -0.378 e. The van der Waals surface area contributed by atoms with Gasteiger partial charge in [0.15, 0.2) is 0 Å². The van der Waals surface area contributed by atoms with Crippen LogP contribution in [0.15, 0.2) is 18.3 Å². The predicted molar refractivity (Wildman–Crippen MR) is 52.1 cm³/mol. The van der Waals surface area contributed by atoms with Gasteiger partial charge in [-0.2, -0.15) is 0 Å². The van der Waals surface area contributed by atoms with Crippen LogP contribution in [-0.4, -0.2) is 24.7 Å². The van der Waals surface area contributed by atoms with Crippen LogP contribution < -0.4 is 5.32 Å². The zero-order chi connectivity index (χ0) is 9.80. The molecule has 14 heavy (non-hydrogen) atoms. The second-order valence-corrected chi connectivity index (χ2v) is 3.13. The molecule has 0 radical (unpaired) electrons. The molecule has 0 bridgehead atoms. The van der Waals surface area contributed by atoms with Gasteiger partial charge in [-0.25, -0.2) is 4.85 Å². The highest BCUT2D eigenvalue weighted by Gasteiger charge is 2.15. The standard InChI is InChI=1S/C10H11N3O/c1-11-8-2-3-9(13-6-8)10-7-14-5-4-12-10/h2-3,6,10,12H,4-5,7H2. The maximum absolute atomic E-state index is 6.80. The Morgan fingerprint density at radius 2 is 2.50 bits per heavy atom. The lowest BCUT2D eigenvalue weighted by molar-refractivity contribution is 0.0756. The molecule has 0 spiro atoms. The number of nitrogens with one attached hydrogen (secondary N) is 1. The molecule has 1 saturated heterocycles. The molecule has 1 aliphatic rings. The molecule has 1 atom stereocenters. The van der Waals surface area contributed by atoms with Crippen LogP contribution in [0.25, 0.3) is 4.85 Å². The van der Waals surface area contributed by atoms with E-state index in [0.717, 1.165) is 18.8 Å². The first-order valence-electron chi connectivity index (χ1n) is 4.54. The van der Waals surface area contributed by atoms with Gasteiger partial charge in [0, 0.05) is 12.7 Å². The van der Waals surface area contributed by atoms with Crippen molar-refractivity contribution in [2.75, 3.05) is 19.8 Å². The largest absolute Gasteiger partial charge is 0.378 e. The maximum atomic E-state index is 6.80. The molecule has 0 aliphatic carbocycles. The molecule has 4 nitrogen and oxygen atoms in total. The molecule has 1 aromatic heterocycles. The van der Waals surface area contributed by atoms with E-state index in [1.54, 1.807) is 12.3 Å². The van der Waals surface area contributed by atoms with E-state index in [1.165, 1.54) is 0 Å². The number of pyridine rings is 1. The van der Waals surface area contributed by atoms with Gasteiger partial charge in [0.05, 0.1) is 31.5 Å². The Morgan fingerprint density at radius 1 is 1.57 bits per heavy atom. The summed E-state index contributed by atoms with van der Waals surface area (Å²) in [5.74, 6) is 0. The Kier molecular flexibility index (Phi) is 2.73. The second kappa shape index (κ2) is 4.18. The predicted octanol–water partition coefficient (Wildman–Crippen LogP) is 1.29. The third-order valence-electron chi connectivity index (χ3n) is 2.18. The summed E-state index contributed by atoms with van der Waals surface area (Å²) in [5.41, 5.74) is 1.52. The molecular formula is C10H11N3O. The smallest absolute Gasteiger partial charge is 0.205 e. The van der Waals surface area contributed by atoms with Crippen LogP contribution in [0.1, 0.15) is 11.7 Å². The van der Waals surface area contributed by atoms with Crippen LogP contribution >= 0.6 is 0 Å². The molecule has 2 rings (SSSR count). The van der Waals surface area contributed by atoms with Crippen molar-refractivity contribution >= 4 is 5.69 Å². The molecular weight excluding hydrogens is 178 g/mol. The molecule has 4 heteroatoms. The van der Waals surface area contributed by atoms with Gasteiger partial charge in [-0.05, 0) is 6.07 Å². The Morgan fingerprint density at radius 3 is 3.07 bits per heavy atom. The molecule has 0 aromatic carbocycles. The van der Waals surface area contributed by atoms with Crippen molar-refractivity contribution in [3.05, 3.63) is 35.4 Å². The van der Waals surface area contributed by atoms with Gasteiger partial charge in [-0.3, -0.25) is 4.98 Å². The Bertz CT molecular complexity index is 335. The van der Waals surface area contributed by atoms with Gasteiger partial charge < -0.3 is 10.1 Å². The highest BCUT2D eigenvalue weighted by Crippen LogP contribution is 2.16. The average molecular weight is 189 g/mol. The van der Waals surface area contributed by atoms with Crippen LogP contribution in [0.2, 0.25) is 0 Å². The number of morpholine rings is 1. The maximum Gasteiger partial charge on any atom is 0.205 e. The van der Waals surface area contributed by atoms with E-state index >= 15 is 0 Å². The summed E-state index contributed by atoms with van der Waals surface area (Å²) in [6.07, 6.45) is 1.60. The summed E-state index contributed by atoms with van der Waals surface area (Å²) in [4.78, 5) is 7.51. The molecule has 0 amide bonds. The van der Waals surface area contributed by atoms with E-state index in [9.17, 15) is 0 Å². The van der Waals surface area contributed by atoms with Crippen molar-refractivity contribution in [2.24, 2.45) is 0 Å². The third kappa shape index (κ3) is 1.90. The summed E-state index contributed by atoms with van der Waals surface area (Å²) >= 11 is 0. The molecule has 1 N–H and O–H groups in total. The minimum atomic E-state index is 0.170. The van der Waals surface area contributed by atoms with Gasteiger partial charge in [-0.15, -0.1) is 0 Å². The fraction of sp³-hybridized carbons (Fsp3) is 0.400. The number of aromatic nitrogens is 1. The topological polar surface area (TPSA) is 38.5 Å². The van der Waals surface area contributed by atoms with Crippen molar-refractivity contribution < 1.29 is 4.74 Å². The quantitative estimate of drug-likeness (QED) is 0.676. The highest BCUT2D eigenvalue weighted by atomic mass is 16.5. The first kappa shape index (κ1) is 9.13. The summed E-state index contributed by atoms with van der Waals surface area (Å²) in [6.45, 7) is 9.08. The summed E-state index contributed by atoms with van der Waals surface area (Å²) in [6, 6.07) is 3.83. The van der Waals surface area contributed by atoms with Crippen molar-refractivity contribution in [3.63, 3.8) is 0 Å². The van der Waals surface area contributed by atoms with Crippen LogP contribution in [0, 0.1) is 6.57 Å². The van der Waals surface area contributed by atoms with E-state index in [4.69, 9.17) is 11.3 Å². The van der Waals surface area contributed by atoms with Gasteiger partial charge >= 0.3 is 0 Å². The molecule has 2 heterocycles. The fourth-order valence-electron chi connectivity index (χ4n) is 1.43. The minimum absolute atomic E-state index is 0.170. The van der Waals surface area contributed by atoms with Crippen molar-refractivity contribution in [1.29, 1.82) is 0 Å². The second-order valence-electron chi connectivity index (χ2n) is 3.13. The highest BCUT2D eigenvalue weighted by molar-refractivity contribution is 5.42. The summed E-state index contributed by atoms with van der Waals surface area (Å²) in [5, 5.41) is 3.31.